The van der Waals surface area contributed by atoms with Crippen molar-refractivity contribution < 1.29 is 9.84 Å². The second-order valence-electron chi connectivity index (χ2n) is 5.10. The summed E-state index contributed by atoms with van der Waals surface area (Å²) in [5.74, 6) is 0.828. The Kier molecular flexibility index (Phi) is 4.43. The Morgan fingerprint density at radius 3 is 2.53 bits per heavy atom. The van der Waals surface area contributed by atoms with Gasteiger partial charge in [-0.2, -0.15) is 0 Å². The SMILES string of the molecule is CCCC(C)Oc1c([C@H](C)O)ccc2ccccc12. The third kappa shape index (κ3) is 3.07. The lowest BCUT2D eigenvalue weighted by Gasteiger charge is -2.20. The summed E-state index contributed by atoms with van der Waals surface area (Å²) in [4.78, 5) is 0. The predicted molar refractivity (Wildman–Crippen MR) is 79.6 cm³/mol. The monoisotopic (exact) mass is 258 g/mol. The fraction of sp³-hybridized carbons (Fsp3) is 0.412. The zero-order valence-electron chi connectivity index (χ0n) is 11.9. The summed E-state index contributed by atoms with van der Waals surface area (Å²) in [6.45, 7) is 6.01. The molecule has 1 unspecified atom stereocenters. The van der Waals surface area contributed by atoms with Crippen molar-refractivity contribution in [2.45, 2.75) is 45.8 Å². The van der Waals surface area contributed by atoms with Crippen LogP contribution in [0.3, 0.4) is 0 Å². The molecule has 0 aliphatic heterocycles. The summed E-state index contributed by atoms with van der Waals surface area (Å²) >= 11 is 0. The van der Waals surface area contributed by atoms with Crippen molar-refractivity contribution in [3.05, 3.63) is 42.0 Å². The second kappa shape index (κ2) is 6.07. The van der Waals surface area contributed by atoms with Crippen molar-refractivity contribution in [2.24, 2.45) is 0 Å². The Balaban J connectivity index is 2.49. The van der Waals surface area contributed by atoms with E-state index < -0.39 is 6.10 Å². The van der Waals surface area contributed by atoms with Crippen LogP contribution in [0.1, 0.15) is 45.3 Å². The number of benzene rings is 2. The van der Waals surface area contributed by atoms with Crippen molar-refractivity contribution in [2.75, 3.05) is 0 Å². The highest BCUT2D eigenvalue weighted by atomic mass is 16.5. The van der Waals surface area contributed by atoms with Gasteiger partial charge in [0.05, 0.1) is 12.2 Å². The van der Waals surface area contributed by atoms with Crippen molar-refractivity contribution in [3.63, 3.8) is 0 Å². The van der Waals surface area contributed by atoms with E-state index in [9.17, 15) is 5.11 Å². The summed E-state index contributed by atoms with van der Waals surface area (Å²) in [6, 6.07) is 12.1. The highest BCUT2D eigenvalue weighted by Crippen LogP contribution is 2.34. The first-order valence-electron chi connectivity index (χ1n) is 6.99. The number of fused-ring (bicyclic) bond motifs is 1. The fourth-order valence-corrected chi connectivity index (χ4v) is 2.39. The Labute approximate surface area is 115 Å². The summed E-state index contributed by atoms with van der Waals surface area (Å²) < 4.78 is 6.10. The number of hydrogen-bond acceptors (Lipinski definition) is 2. The third-order valence-corrected chi connectivity index (χ3v) is 3.37. The lowest BCUT2D eigenvalue weighted by Crippen LogP contribution is -2.13. The Morgan fingerprint density at radius 1 is 1.11 bits per heavy atom. The van der Waals surface area contributed by atoms with E-state index >= 15 is 0 Å². The maximum absolute atomic E-state index is 9.93. The molecule has 0 heterocycles. The molecule has 2 aromatic carbocycles. The van der Waals surface area contributed by atoms with E-state index in [1.165, 1.54) is 0 Å². The number of rotatable bonds is 5. The molecule has 2 aromatic rings. The van der Waals surface area contributed by atoms with Gasteiger partial charge < -0.3 is 9.84 Å². The van der Waals surface area contributed by atoms with Crippen molar-refractivity contribution in [3.8, 4) is 5.75 Å². The van der Waals surface area contributed by atoms with E-state index in [0.29, 0.717) is 0 Å². The molecule has 19 heavy (non-hydrogen) atoms. The molecule has 0 aliphatic carbocycles. The normalized spacial score (nSPS) is 14.3. The van der Waals surface area contributed by atoms with Crippen LogP contribution in [0.2, 0.25) is 0 Å². The molecule has 2 nitrogen and oxygen atoms in total. The molecule has 0 aromatic heterocycles. The minimum atomic E-state index is -0.520. The van der Waals surface area contributed by atoms with Crippen LogP contribution < -0.4 is 4.74 Å². The van der Waals surface area contributed by atoms with Crippen LogP contribution in [0, 0.1) is 0 Å². The quantitative estimate of drug-likeness (QED) is 0.858. The van der Waals surface area contributed by atoms with Gasteiger partial charge in [-0.25, -0.2) is 0 Å². The Morgan fingerprint density at radius 2 is 1.84 bits per heavy atom. The molecule has 0 saturated carbocycles. The van der Waals surface area contributed by atoms with E-state index in [0.717, 1.165) is 34.9 Å². The van der Waals surface area contributed by atoms with Crippen LogP contribution in [-0.4, -0.2) is 11.2 Å². The Hall–Kier alpha value is -1.54. The highest BCUT2D eigenvalue weighted by Gasteiger charge is 2.15. The fourth-order valence-electron chi connectivity index (χ4n) is 2.39. The summed E-state index contributed by atoms with van der Waals surface area (Å²) in [5.41, 5.74) is 0.863. The molecule has 1 N–H and O–H groups in total. The van der Waals surface area contributed by atoms with Gasteiger partial charge in [-0.1, -0.05) is 49.7 Å². The summed E-state index contributed by atoms with van der Waals surface area (Å²) in [6.07, 6.45) is 1.75. The largest absolute Gasteiger partial charge is 0.490 e. The van der Waals surface area contributed by atoms with Crippen LogP contribution in [0.5, 0.6) is 5.75 Å². The molecular formula is C17H22O2. The lowest BCUT2D eigenvalue weighted by atomic mass is 10.0. The molecule has 2 rings (SSSR count). The first-order chi connectivity index (χ1) is 9.13. The van der Waals surface area contributed by atoms with Gasteiger partial charge in [0.1, 0.15) is 5.75 Å². The number of ether oxygens (including phenoxy) is 1. The molecule has 0 aliphatic rings. The zero-order chi connectivity index (χ0) is 13.8. The van der Waals surface area contributed by atoms with E-state index in [1.54, 1.807) is 6.92 Å². The molecule has 0 amide bonds. The van der Waals surface area contributed by atoms with Crippen molar-refractivity contribution >= 4 is 10.8 Å². The molecule has 2 heteroatoms. The lowest BCUT2D eigenvalue weighted by molar-refractivity contribution is 0.176. The molecule has 2 atom stereocenters. The molecule has 0 radical (unpaired) electrons. The maximum atomic E-state index is 9.93. The number of aliphatic hydroxyl groups is 1. The standard InChI is InChI=1S/C17H22O2/c1-4-7-12(2)19-17-15(13(3)18)11-10-14-8-5-6-9-16(14)17/h5-6,8-13,18H,4,7H2,1-3H3/t12?,13-/m0/s1. The van der Waals surface area contributed by atoms with Gasteiger partial charge in [-0.15, -0.1) is 0 Å². The molecule has 102 valence electrons. The second-order valence-corrected chi connectivity index (χ2v) is 5.10. The van der Waals surface area contributed by atoms with E-state index in [4.69, 9.17) is 4.74 Å². The van der Waals surface area contributed by atoms with Crippen molar-refractivity contribution in [1.82, 2.24) is 0 Å². The molecule has 0 bridgehead atoms. The van der Waals surface area contributed by atoms with Gasteiger partial charge in [0, 0.05) is 10.9 Å². The average Bonchev–Trinajstić information content (AvgIpc) is 2.39. The molecule has 0 spiro atoms. The first-order valence-corrected chi connectivity index (χ1v) is 6.99. The number of hydrogen-bond donors (Lipinski definition) is 1. The van der Waals surface area contributed by atoms with Gasteiger partial charge in [0.2, 0.25) is 0 Å². The van der Waals surface area contributed by atoms with E-state index in [1.807, 2.05) is 24.3 Å². The van der Waals surface area contributed by atoms with Crippen LogP contribution in [-0.2, 0) is 0 Å². The van der Waals surface area contributed by atoms with Crippen LogP contribution >= 0.6 is 0 Å². The van der Waals surface area contributed by atoms with Crippen molar-refractivity contribution in [1.29, 1.82) is 0 Å². The predicted octanol–water partition coefficient (Wildman–Crippen LogP) is 4.46. The topological polar surface area (TPSA) is 29.5 Å². The summed E-state index contributed by atoms with van der Waals surface area (Å²) in [7, 11) is 0. The first kappa shape index (κ1) is 13.9. The summed E-state index contributed by atoms with van der Waals surface area (Å²) in [5, 5.41) is 12.1. The van der Waals surface area contributed by atoms with E-state index in [-0.39, 0.29) is 6.10 Å². The van der Waals surface area contributed by atoms with Gasteiger partial charge in [0.15, 0.2) is 0 Å². The van der Waals surface area contributed by atoms with Gasteiger partial charge in [-0.3, -0.25) is 0 Å². The third-order valence-electron chi connectivity index (χ3n) is 3.37. The van der Waals surface area contributed by atoms with Crippen LogP contribution in [0.15, 0.2) is 36.4 Å². The van der Waals surface area contributed by atoms with Gasteiger partial charge in [0.25, 0.3) is 0 Å². The van der Waals surface area contributed by atoms with Gasteiger partial charge in [-0.05, 0) is 25.7 Å². The zero-order valence-corrected chi connectivity index (χ0v) is 11.9. The van der Waals surface area contributed by atoms with E-state index in [2.05, 4.69) is 26.0 Å². The number of aliphatic hydroxyl groups excluding tert-OH is 1. The Bertz CT molecular complexity index is 546. The average molecular weight is 258 g/mol. The maximum Gasteiger partial charge on any atom is 0.133 e. The molecule has 0 saturated heterocycles. The smallest absolute Gasteiger partial charge is 0.133 e. The highest BCUT2D eigenvalue weighted by molar-refractivity contribution is 5.89. The minimum Gasteiger partial charge on any atom is -0.490 e. The minimum absolute atomic E-state index is 0.160. The van der Waals surface area contributed by atoms with Crippen LogP contribution in [0.25, 0.3) is 10.8 Å². The molecule has 0 fully saturated rings. The van der Waals surface area contributed by atoms with Gasteiger partial charge >= 0.3 is 0 Å². The molecular weight excluding hydrogens is 236 g/mol. The van der Waals surface area contributed by atoms with Crippen LogP contribution in [0.4, 0.5) is 0 Å².